The lowest BCUT2D eigenvalue weighted by Gasteiger charge is -2.33. The van der Waals surface area contributed by atoms with Crippen molar-refractivity contribution in [3.63, 3.8) is 0 Å². The molecule has 11 heteroatoms. The summed E-state index contributed by atoms with van der Waals surface area (Å²) in [6, 6.07) is 8.79. The van der Waals surface area contributed by atoms with Gasteiger partial charge in [-0.1, -0.05) is 12.1 Å². The number of anilines is 1. The number of nitrogen functional groups attached to an aromatic ring is 1. The first-order valence-corrected chi connectivity index (χ1v) is 11.4. The third-order valence-corrected chi connectivity index (χ3v) is 6.41. The molecule has 0 spiro atoms. The molecule has 1 aliphatic rings. The molecular weight excluding hydrogens is 476 g/mol. The molecular formula is C25H22F4N6O. The lowest BCUT2D eigenvalue weighted by atomic mass is 9.91. The van der Waals surface area contributed by atoms with Crippen LogP contribution in [0.3, 0.4) is 0 Å². The highest BCUT2D eigenvalue weighted by molar-refractivity contribution is 5.95. The van der Waals surface area contributed by atoms with Gasteiger partial charge >= 0.3 is 6.18 Å². The summed E-state index contributed by atoms with van der Waals surface area (Å²) in [5.74, 6) is -0.629. The second-order valence-corrected chi connectivity index (χ2v) is 8.90. The Morgan fingerprint density at radius 2 is 1.92 bits per heavy atom. The fraction of sp³-hybridized carbons (Fsp3) is 0.280. The van der Waals surface area contributed by atoms with Gasteiger partial charge in [-0.05, 0) is 55.0 Å². The number of fused-ring (bicyclic) bond motifs is 1. The minimum atomic E-state index is -4.67. The fourth-order valence-electron chi connectivity index (χ4n) is 4.74. The third-order valence-electron chi connectivity index (χ3n) is 6.41. The summed E-state index contributed by atoms with van der Waals surface area (Å²) in [5.41, 5.74) is 6.07. The number of nitrogens with zero attached hydrogens (tertiary/aromatic N) is 5. The molecule has 1 saturated heterocycles. The van der Waals surface area contributed by atoms with Crippen molar-refractivity contribution in [2.45, 2.75) is 25.4 Å². The van der Waals surface area contributed by atoms with Crippen molar-refractivity contribution in [2.75, 3.05) is 18.8 Å². The number of aromatic nitrogens is 4. The molecule has 0 bridgehead atoms. The minimum absolute atomic E-state index is 0.0985. The van der Waals surface area contributed by atoms with E-state index in [9.17, 15) is 22.4 Å². The fourth-order valence-corrected chi connectivity index (χ4v) is 4.74. The van der Waals surface area contributed by atoms with Gasteiger partial charge in [-0.15, -0.1) is 0 Å². The Balaban J connectivity index is 1.41. The summed E-state index contributed by atoms with van der Waals surface area (Å²) in [6.45, 7) is 1.09. The van der Waals surface area contributed by atoms with Gasteiger partial charge in [0.05, 0.1) is 16.8 Å². The Labute approximate surface area is 203 Å². The number of halogens is 4. The van der Waals surface area contributed by atoms with Crippen molar-refractivity contribution in [1.29, 1.82) is 0 Å². The van der Waals surface area contributed by atoms with Gasteiger partial charge in [-0.3, -0.25) is 9.78 Å². The largest absolute Gasteiger partial charge is 0.418 e. The molecule has 1 fully saturated rings. The van der Waals surface area contributed by atoms with Crippen molar-refractivity contribution in [3.05, 3.63) is 77.6 Å². The van der Waals surface area contributed by atoms with Gasteiger partial charge in [-0.2, -0.15) is 18.3 Å². The van der Waals surface area contributed by atoms with Gasteiger partial charge in [0.15, 0.2) is 5.82 Å². The molecule has 0 radical (unpaired) electrons. The molecule has 3 aromatic heterocycles. The molecule has 36 heavy (non-hydrogen) atoms. The number of piperidine rings is 1. The molecule has 2 N–H and O–H groups in total. The molecule has 1 atom stereocenters. The number of hydrogen-bond acceptors (Lipinski definition) is 5. The van der Waals surface area contributed by atoms with E-state index in [2.05, 4.69) is 15.1 Å². The molecule has 0 unspecified atom stereocenters. The molecule has 5 rings (SSSR count). The zero-order valence-corrected chi connectivity index (χ0v) is 19.0. The van der Waals surface area contributed by atoms with Crippen LogP contribution >= 0.6 is 0 Å². The van der Waals surface area contributed by atoms with Gasteiger partial charge in [-0.25, -0.2) is 13.9 Å². The highest BCUT2D eigenvalue weighted by atomic mass is 19.4. The maximum atomic E-state index is 13.7. The van der Waals surface area contributed by atoms with Crippen LogP contribution in [0.2, 0.25) is 0 Å². The minimum Gasteiger partial charge on any atom is -0.382 e. The van der Waals surface area contributed by atoms with E-state index in [0.717, 1.165) is 41.7 Å². The third kappa shape index (κ3) is 4.60. The number of amides is 1. The van der Waals surface area contributed by atoms with E-state index < -0.39 is 11.7 Å². The number of likely N-dealkylation sites (tertiary alicyclic amines) is 1. The molecule has 0 saturated carbocycles. The van der Waals surface area contributed by atoms with Crippen molar-refractivity contribution >= 4 is 17.2 Å². The van der Waals surface area contributed by atoms with Crippen LogP contribution in [-0.4, -0.2) is 43.5 Å². The lowest BCUT2D eigenvalue weighted by Crippen LogP contribution is -2.40. The molecule has 1 aliphatic heterocycles. The molecule has 0 aliphatic carbocycles. The predicted octanol–water partition coefficient (Wildman–Crippen LogP) is 4.63. The van der Waals surface area contributed by atoms with E-state index in [0.29, 0.717) is 18.7 Å². The van der Waals surface area contributed by atoms with Gasteiger partial charge in [0.1, 0.15) is 17.7 Å². The Morgan fingerprint density at radius 1 is 1.14 bits per heavy atom. The highest BCUT2D eigenvalue weighted by Gasteiger charge is 2.36. The smallest absolute Gasteiger partial charge is 0.382 e. The Kier molecular flexibility index (Phi) is 6.07. The topological polar surface area (TPSA) is 89.4 Å². The number of alkyl halides is 3. The van der Waals surface area contributed by atoms with Crippen molar-refractivity contribution < 1.29 is 22.4 Å². The number of carbonyl (C=O) groups is 1. The number of carbonyl (C=O) groups excluding carboxylic acids is 1. The van der Waals surface area contributed by atoms with Crippen LogP contribution in [0.1, 0.15) is 34.3 Å². The molecule has 7 nitrogen and oxygen atoms in total. The molecule has 1 amide bonds. The molecule has 186 valence electrons. The van der Waals surface area contributed by atoms with E-state index >= 15 is 0 Å². The first kappa shape index (κ1) is 23.7. The standard InChI is InChI=1S/C25H22F4N6O/c26-19-5-3-15(4-6-19)8-16-2-1-7-34(13-16)24(36)18-9-17(11-31-12-18)21-10-20(25(27,28)29)22-23(30)32-14-33-35(21)22/h3-6,9-12,14,16H,1-2,7-8,13H2,(H2,30,32,33)/t16-/m0/s1. The van der Waals surface area contributed by atoms with Gasteiger partial charge in [0.2, 0.25) is 0 Å². The summed E-state index contributed by atoms with van der Waals surface area (Å²) in [4.78, 5) is 22.9. The van der Waals surface area contributed by atoms with E-state index in [4.69, 9.17) is 5.73 Å². The average molecular weight is 498 g/mol. The number of benzene rings is 1. The summed E-state index contributed by atoms with van der Waals surface area (Å²) in [6.07, 6.45) is 1.67. The van der Waals surface area contributed by atoms with Crippen molar-refractivity contribution in [1.82, 2.24) is 24.5 Å². The summed E-state index contributed by atoms with van der Waals surface area (Å²) >= 11 is 0. The summed E-state index contributed by atoms with van der Waals surface area (Å²) in [7, 11) is 0. The van der Waals surface area contributed by atoms with Crippen molar-refractivity contribution in [2.24, 2.45) is 5.92 Å². The zero-order chi connectivity index (χ0) is 25.4. The first-order valence-electron chi connectivity index (χ1n) is 11.4. The zero-order valence-electron chi connectivity index (χ0n) is 19.0. The Bertz CT molecular complexity index is 1420. The van der Waals surface area contributed by atoms with Crippen LogP contribution in [0, 0.1) is 11.7 Å². The first-order chi connectivity index (χ1) is 17.2. The quantitative estimate of drug-likeness (QED) is 0.415. The Morgan fingerprint density at radius 3 is 2.67 bits per heavy atom. The van der Waals surface area contributed by atoms with Crippen LogP contribution in [0.4, 0.5) is 23.4 Å². The average Bonchev–Trinajstić information content (AvgIpc) is 3.27. The normalized spacial score (nSPS) is 16.4. The van der Waals surface area contributed by atoms with Crippen LogP contribution in [0.25, 0.3) is 16.8 Å². The number of rotatable bonds is 4. The SMILES string of the molecule is Nc1ncnn2c(-c3cncc(C(=O)N4CCC[C@@H](Cc5ccc(F)cc5)C4)c3)cc(C(F)(F)F)c12. The second kappa shape index (κ2) is 9.21. The number of hydrogen-bond donors (Lipinski definition) is 1. The summed E-state index contributed by atoms with van der Waals surface area (Å²) in [5, 5.41) is 3.95. The lowest BCUT2D eigenvalue weighted by molar-refractivity contribution is -0.136. The maximum Gasteiger partial charge on any atom is 0.418 e. The van der Waals surface area contributed by atoms with Gasteiger partial charge < -0.3 is 10.6 Å². The maximum absolute atomic E-state index is 13.7. The van der Waals surface area contributed by atoms with Crippen LogP contribution < -0.4 is 5.73 Å². The molecule has 4 aromatic rings. The van der Waals surface area contributed by atoms with Crippen molar-refractivity contribution in [3.8, 4) is 11.3 Å². The second-order valence-electron chi connectivity index (χ2n) is 8.90. The Hall–Kier alpha value is -4.02. The number of nitrogens with two attached hydrogens (primary N) is 1. The van der Waals surface area contributed by atoms with E-state index in [1.54, 1.807) is 17.0 Å². The molecule has 4 heterocycles. The van der Waals surface area contributed by atoms with Gasteiger partial charge in [0.25, 0.3) is 5.91 Å². The predicted molar refractivity (Wildman–Crippen MR) is 124 cm³/mol. The highest BCUT2D eigenvalue weighted by Crippen LogP contribution is 2.38. The summed E-state index contributed by atoms with van der Waals surface area (Å²) < 4.78 is 55.3. The van der Waals surface area contributed by atoms with Crippen LogP contribution in [0.5, 0.6) is 0 Å². The van der Waals surface area contributed by atoms with E-state index in [1.807, 2.05) is 0 Å². The van der Waals surface area contributed by atoms with Crippen LogP contribution in [0.15, 0.2) is 55.1 Å². The van der Waals surface area contributed by atoms with Gasteiger partial charge in [0, 0.05) is 31.0 Å². The van der Waals surface area contributed by atoms with Crippen LogP contribution in [-0.2, 0) is 12.6 Å². The number of pyridine rings is 1. The molecule has 1 aromatic carbocycles. The van der Waals surface area contributed by atoms with E-state index in [1.165, 1.54) is 30.6 Å². The monoisotopic (exact) mass is 498 g/mol. The van der Waals surface area contributed by atoms with E-state index in [-0.39, 0.29) is 40.2 Å².